The highest BCUT2D eigenvalue weighted by molar-refractivity contribution is 5.93. The predicted molar refractivity (Wildman–Crippen MR) is 74.9 cm³/mol. The summed E-state index contributed by atoms with van der Waals surface area (Å²) in [4.78, 5) is 11.0. The zero-order valence-electron chi connectivity index (χ0n) is 10.7. The van der Waals surface area contributed by atoms with Gasteiger partial charge in [-0.1, -0.05) is 18.2 Å². The van der Waals surface area contributed by atoms with Crippen LogP contribution in [0, 0.1) is 11.3 Å². The molecule has 0 saturated carbocycles. The van der Waals surface area contributed by atoms with Crippen LogP contribution in [-0.2, 0) is 6.61 Å². The van der Waals surface area contributed by atoms with E-state index in [1.807, 2.05) is 0 Å². The van der Waals surface area contributed by atoms with Gasteiger partial charge in [-0.15, -0.1) is 0 Å². The summed E-state index contributed by atoms with van der Waals surface area (Å²) < 4.78 is 5.58. The number of ether oxygens (including phenoxy) is 1. The molecule has 2 aromatic rings. The van der Waals surface area contributed by atoms with Crippen LogP contribution in [0.5, 0.6) is 5.75 Å². The highest BCUT2D eigenvalue weighted by Crippen LogP contribution is 2.20. The monoisotopic (exact) mass is 267 g/mol. The highest BCUT2D eigenvalue weighted by atomic mass is 16.5. The number of amides is 1. The van der Waals surface area contributed by atoms with E-state index in [-0.39, 0.29) is 6.61 Å². The van der Waals surface area contributed by atoms with Gasteiger partial charge >= 0.3 is 0 Å². The van der Waals surface area contributed by atoms with Gasteiger partial charge in [0.25, 0.3) is 0 Å². The Hall–Kier alpha value is -3.00. The Balaban J connectivity index is 2.16. The minimum atomic E-state index is -0.529. The van der Waals surface area contributed by atoms with E-state index in [0.717, 1.165) is 5.56 Å². The van der Waals surface area contributed by atoms with Crippen molar-refractivity contribution in [2.75, 3.05) is 5.73 Å². The van der Waals surface area contributed by atoms with E-state index in [9.17, 15) is 4.79 Å². The van der Waals surface area contributed by atoms with E-state index in [2.05, 4.69) is 6.07 Å². The maximum atomic E-state index is 11.0. The number of rotatable bonds is 4. The number of carbonyl (C=O) groups is 1. The Morgan fingerprint density at radius 1 is 1.25 bits per heavy atom. The molecular weight excluding hydrogens is 254 g/mol. The maximum Gasteiger partial charge on any atom is 0.248 e. The topological polar surface area (TPSA) is 102 Å². The summed E-state index contributed by atoms with van der Waals surface area (Å²) in [7, 11) is 0. The van der Waals surface area contributed by atoms with Crippen molar-refractivity contribution in [3.63, 3.8) is 0 Å². The number of anilines is 1. The summed E-state index contributed by atoms with van der Waals surface area (Å²) >= 11 is 0. The summed E-state index contributed by atoms with van der Waals surface area (Å²) in [5, 5.41) is 8.96. The SMILES string of the molecule is N#Cc1ccccc1OCc1ccc(C(N)=O)cc1N. The first-order chi connectivity index (χ1) is 9.61. The smallest absolute Gasteiger partial charge is 0.248 e. The lowest BCUT2D eigenvalue weighted by Gasteiger charge is -2.10. The number of nitrogens with zero attached hydrogens (tertiary/aromatic N) is 1. The van der Waals surface area contributed by atoms with Crippen LogP contribution >= 0.6 is 0 Å². The molecule has 20 heavy (non-hydrogen) atoms. The molecule has 0 aromatic heterocycles. The Bertz CT molecular complexity index is 690. The molecule has 0 saturated heterocycles. The third kappa shape index (κ3) is 2.87. The van der Waals surface area contributed by atoms with Gasteiger partial charge in [-0.2, -0.15) is 5.26 Å². The van der Waals surface area contributed by atoms with Gasteiger partial charge in [0, 0.05) is 16.8 Å². The first kappa shape index (κ1) is 13.4. The summed E-state index contributed by atoms with van der Waals surface area (Å²) in [5.41, 5.74) is 13.0. The molecule has 4 N–H and O–H groups in total. The Morgan fingerprint density at radius 2 is 2.00 bits per heavy atom. The zero-order chi connectivity index (χ0) is 14.5. The quantitative estimate of drug-likeness (QED) is 0.825. The lowest BCUT2D eigenvalue weighted by Crippen LogP contribution is -2.12. The van der Waals surface area contributed by atoms with E-state index in [1.54, 1.807) is 36.4 Å². The lowest BCUT2D eigenvalue weighted by molar-refractivity contribution is 0.100. The van der Waals surface area contributed by atoms with Gasteiger partial charge in [0.2, 0.25) is 5.91 Å². The molecule has 2 aromatic carbocycles. The van der Waals surface area contributed by atoms with Crippen molar-refractivity contribution in [2.45, 2.75) is 6.61 Å². The molecule has 0 aliphatic heterocycles. The zero-order valence-corrected chi connectivity index (χ0v) is 10.7. The van der Waals surface area contributed by atoms with E-state index in [4.69, 9.17) is 21.5 Å². The molecule has 0 fully saturated rings. The van der Waals surface area contributed by atoms with Crippen LogP contribution in [0.1, 0.15) is 21.5 Å². The molecule has 5 nitrogen and oxygen atoms in total. The van der Waals surface area contributed by atoms with Crippen LogP contribution < -0.4 is 16.2 Å². The second-order valence-corrected chi connectivity index (χ2v) is 4.17. The average Bonchev–Trinajstić information content (AvgIpc) is 2.46. The number of nitrogen functional groups attached to an aromatic ring is 1. The molecule has 0 radical (unpaired) electrons. The number of primary amides is 1. The van der Waals surface area contributed by atoms with E-state index < -0.39 is 5.91 Å². The van der Waals surface area contributed by atoms with Crippen molar-refractivity contribution in [1.82, 2.24) is 0 Å². The van der Waals surface area contributed by atoms with Gasteiger partial charge in [-0.3, -0.25) is 4.79 Å². The third-order valence-electron chi connectivity index (χ3n) is 2.82. The van der Waals surface area contributed by atoms with Crippen molar-refractivity contribution in [3.8, 4) is 11.8 Å². The van der Waals surface area contributed by atoms with Crippen molar-refractivity contribution < 1.29 is 9.53 Å². The Kier molecular flexibility index (Phi) is 3.87. The molecule has 100 valence electrons. The van der Waals surface area contributed by atoms with Crippen LogP contribution in [0.3, 0.4) is 0 Å². The number of benzene rings is 2. The molecule has 1 amide bonds. The number of nitriles is 1. The van der Waals surface area contributed by atoms with Crippen molar-refractivity contribution in [3.05, 3.63) is 59.2 Å². The summed E-state index contributed by atoms with van der Waals surface area (Å²) in [6.45, 7) is 0.212. The minimum absolute atomic E-state index is 0.212. The van der Waals surface area contributed by atoms with Gasteiger partial charge in [-0.05, 0) is 24.3 Å². The second kappa shape index (κ2) is 5.76. The third-order valence-corrected chi connectivity index (χ3v) is 2.82. The fraction of sp³-hybridized carbons (Fsp3) is 0.0667. The molecule has 0 aliphatic rings. The lowest BCUT2D eigenvalue weighted by atomic mass is 10.1. The second-order valence-electron chi connectivity index (χ2n) is 4.17. The predicted octanol–water partition coefficient (Wildman–Crippen LogP) is 1.82. The van der Waals surface area contributed by atoms with E-state index >= 15 is 0 Å². The van der Waals surface area contributed by atoms with Gasteiger partial charge in [-0.25, -0.2) is 0 Å². The first-order valence-corrected chi connectivity index (χ1v) is 5.92. The molecular formula is C15H13N3O2. The summed E-state index contributed by atoms with van der Waals surface area (Å²) in [5.74, 6) is -0.0348. The van der Waals surface area contributed by atoms with Crippen molar-refractivity contribution >= 4 is 11.6 Å². The molecule has 0 atom stereocenters. The fourth-order valence-corrected chi connectivity index (χ4v) is 1.72. The van der Waals surface area contributed by atoms with Gasteiger partial charge in [0.1, 0.15) is 18.4 Å². The van der Waals surface area contributed by atoms with Crippen LogP contribution in [0.15, 0.2) is 42.5 Å². The van der Waals surface area contributed by atoms with Crippen molar-refractivity contribution in [1.29, 1.82) is 5.26 Å². The Morgan fingerprint density at radius 3 is 2.65 bits per heavy atom. The number of para-hydroxylation sites is 1. The molecule has 0 bridgehead atoms. The molecule has 5 heteroatoms. The van der Waals surface area contributed by atoms with Gasteiger partial charge in [0.05, 0.1) is 5.56 Å². The van der Waals surface area contributed by atoms with Crippen LogP contribution in [0.4, 0.5) is 5.69 Å². The molecule has 2 rings (SSSR count). The van der Waals surface area contributed by atoms with E-state index in [1.165, 1.54) is 6.07 Å². The number of nitrogens with two attached hydrogens (primary N) is 2. The average molecular weight is 267 g/mol. The van der Waals surface area contributed by atoms with Gasteiger partial charge in [0.15, 0.2) is 0 Å². The minimum Gasteiger partial charge on any atom is -0.487 e. The molecule has 0 aliphatic carbocycles. The van der Waals surface area contributed by atoms with Gasteiger partial charge < -0.3 is 16.2 Å². The number of carbonyl (C=O) groups excluding carboxylic acids is 1. The highest BCUT2D eigenvalue weighted by Gasteiger charge is 2.07. The summed E-state index contributed by atoms with van der Waals surface area (Å²) in [6, 6.07) is 13.8. The number of hydrogen-bond acceptors (Lipinski definition) is 4. The maximum absolute atomic E-state index is 11.0. The van der Waals surface area contributed by atoms with Crippen LogP contribution in [-0.4, -0.2) is 5.91 Å². The molecule has 0 spiro atoms. The van der Waals surface area contributed by atoms with Crippen molar-refractivity contribution in [2.24, 2.45) is 5.73 Å². The van der Waals surface area contributed by atoms with Crippen LogP contribution in [0.2, 0.25) is 0 Å². The van der Waals surface area contributed by atoms with Crippen LogP contribution in [0.25, 0.3) is 0 Å². The fourth-order valence-electron chi connectivity index (χ4n) is 1.72. The summed E-state index contributed by atoms with van der Waals surface area (Å²) in [6.07, 6.45) is 0. The standard InChI is InChI=1S/C15H13N3O2/c16-8-11-3-1-2-4-14(11)20-9-12-6-5-10(15(18)19)7-13(12)17/h1-7H,9,17H2,(H2,18,19). The largest absolute Gasteiger partial charge is 0.487 e. The normalized spacial score (nSPS) is 9.75. The van der Waals surface area contributed by atoms with E-state index in [0.29, 0.717) is 22.6 Å². The number of hydrogen-bond donors (Lipinski definition) is 2. The Labute approximate surface area is 116 Å². The first-order valence-electron chi connectivity index (χ1n) is 5.92. The molecule has 0 unspecified atom stereocenters. The molecule has 0 heterocycles.